The molecule has 0 saturated carbocycles. The third kappa shape index (κ3) is 3.73. The second-order valence-corrected chi connectivity index (χ2v) is 7.66. The van der Waals surface area contributed by atoms with Crippen molar-refractivity contribution >= 4 is 34.9 Å². The normalized spacial score (nSPS) is 21.6. The van der Waals surface area contributed by atoms with Crippen molar-refractivity contribution in [2.45, 2.75) is 25.3 Å². The predicted octanol–water partition coefficient (Wildman–Crippen LogP) is 3.46. The van der Waals surface area contributed by atoms with E-state index in [0.717, 1.165) is 41.5 Å². The van der Waals surface area contributed by atoms with E-state index in [1.54, 1.807) is 29.4 Å². The number of aromatic nitrogens is 1. The highest BCUT2D eigenvalue weighted by Gasteiger charge is 2.38. The molecular weight excluding hydrogens is 378 g/mol. The average Bonchev–Trinajstić information content (AvgIpc) is 3.33. The first-order valence-corrected chi connectivity index (χ1v) is 9.93. The van der Waals surface area contributed by atoms with Gasteiger partial charge in [-0.1, -0.05) is 6.07 Å². The van der Waals surface area contributed by atoms with Crippen molar-refractivity contribution in [3.63, 3.8) is 0 Å². The van der Waals surface area contributed by atoms with Crippen LogP contribution in [0.3, 0.4) is 0 Å². The molecule has 2 saturated heterocycles. The lowest BCUT2D eigenvalue weighted by Crippen LogP contribution is -2.45. The van der Waals surface area contributed by atoms with E-state index in [1.165, 1.54) is 12.3 Å². The van der Waals surface area contributed by atoms with Crippen molar-refractivity contribution in [1.82, 2.24) is 14.8 Å². The second kappa shape index (κ2) is 8.02. The SMILES string of the molecule is O=C1SC(=Cc2ccco2)C(=O)N1CC(=O)N1CCCCC1c1cccnc1. The summed E-state index contributed by atoms with van der Waals surface area (Å²) in [6, 6.07) is 7.13. The summed E-state index contributed by atoms with van der Waals surface area (Å²) < 4.78 is 5.20. The van der Waals surface area contributed by atoms with E-state index in [1.807, 2.05) is 12.1 Å². The minimum atomic E-state index is -0.463. The lowest BCUT2D eigenvalue weighted by molar-refractivity contribution is -0.138. The molecule has 7 nitrogen and oxygen atoms in total. The molecule has 4 rings (SSSR count). The van der Waals surface area contributed by atoms with Crippen LogP contribution in [0.4, 0.5) is 4.79 Å². The fourth-order valence-electron chi connectivity index (χ4n) is 3.51. The molecule has 0 radical (unpaired) electrons. The van der Waals surface area contributed by atoms with Gasteiger partial charge in [-0.2, -0.15) is 0 Å². The van der Waals surface area contributed by atoms with Crippen molar-refractivity contribution in [1.29, 1.82) is 0 Å². The summed E-state index contributed by atoms with van der Waals surface area (Å²) in [7, 11) is 0. The number of imide groups is 1. The highest BCUT2D eigenvalue weighted by atomic mass is 32.2. The molecule has 2 aliphatic rings. The molecule has 0 N–H and O–H groups in total. The number of furan rings is 1. The minimum absolute atomic E-state index is 0.0754. The molecule has 0 aliphatic carbocycles. The fraction of sp³-hybridized carbons (Fsp3) is 0.300. The van der Waals surface area contributed by atoms with Gasteiger partial charge in [0.25, 0.3) is 11.1 Å². The van der Waals surface area contributed by atoms with Gasteiger partial charge in [0.2, 0.25) is 5.91 Å². The van der Waals surface area contributed by atoms with Crippen LogP contribution in [-0.4, -0.2) is 44.9 Å². The van der Waals surface area contributed by atoms with Gasteiger partial charge in [0.1, 0.15) is 12.3 Å². The van der Waals surface area contributed by atoms with Crippen molar-refractivity contribution < 1.29 is 18.8 Å². The van der Waals surface area contributed by atoms with Crippen LogP contribution in [0.1, 0.15) is 36.6 Å². The Hall–Kier alpha value is -2.87. The number of carbonyl (C=O) groups is 3. The van der Waals surface area contributed by atoms with Gasteiger partial charge in [0.15, 0.2) is 0 Å². The number of likely N-dealkylation sites (tertiary alicyclic amines) is 1. The number of rotatable bonds is 4. The van der Waals surface area contributed by atoms with Gasteiger partial charge in [-0.05, 0) is 54.8 Å². The number of piperidine rings is 1. The highest BCUT2D eigenvalue weighted by molar-refractivity contribution is 8.18. The Bertz CT molecular complexity index is 911. The van der Waals surface area contributed by atoms with E-state index in [4.69, 9.17) is 4.42 Å². The van der Waals surface area contributed by atoms with Gasteiger partial charge in [0.05, 0.1) is 17.2 Å². The minimum Gasteiger partial charge on any atom is -0.465 e. The topological polar surface area (TPSA) is 83.7 Å². The summed E-state index contributed by atoms with van der Waals surface area (Å²) in [4.78, 5) is 45.1. The Balaban J connectivity index is 1.49. The molecule has 3 amide bonds. The molecule has 144 valence electrons. The van der Waals surface area contributed by atoms with E-state index in [2.05, 4.69) is 4.98 Å². The van der Waals surface area contributed by atoms with E-state index in [-0.39, 0.29) is 23.4 Å². The van der Waals surface area contributed by atoms with E-state index in [0.29, 0.717) is 12.3 Å². The largest absolute Gasteiger partial charge is 0.465 e. The van der Waals surface area contributed by atoms with Gasteiger partial charge in [-0.3, -0.25) is 24.3 Å². The summed E-state index contributed by atoms with van der Waals surface area (Å²) in [6.07, 6.45) is 9.26. The van der Waals surface area contributed by atoms with E-state index in [9.17, 15) is 14.4 Å². The maximum absolute atomic E-state index is 13.0. The van der Waals surface area contributed by atoms with Crippen molar-refractivity contribution in [2.75, 3.05) is 13.1 Å². The molecule has 2 aliphatic heterocycles. The molecule has 2 aromatic rings. The lowest BCUT2D eigenvalue weighted by Gasteiger charge is -2.36. The van der Waals surface area contributed by atoms with Crippen LogP contribution in [0.15, 0.2) is 52.2 Å². The summed E-state index contributed by atoms with van der Waals surface area (Å²) in [5.41, 5.74) is 0.974. The molecule has 0 bridgehead atoms. The summed E-state index contributed by atoms with van der Waals surface area (Å²) in [5, 5.41) is -0.439. The number of hydrogen-bond donors (Lipinski definition) is 0. The Morgan fingerprint density at radius 1 is 1.29 bits per heavy atom. The Kier molecular flexibility index (Phi) is 5.29. The quantitative estimate of drug-likeness (QED) is 0.735. The van der Waals surface area contributed by atoms with Gasteiger partial charge in [-0.15, -0.1) is 0 Å². The van der Waals surface area contributed by atoms with Crippen LogP contribution >= 0.6 is 11.8 Å². The zero-order valence-corrected chi connectivity index (χ0v) is 15.9. The number of amides is 3. The first-order valence-electron chi connectivity index (χ1n) is 9.12. The monoisotopic (exact) mass is 397 g/mol. The Morgan fingerprint density at radius 3 is 2.93 bits per heavy atom. The third-order valence-corrected chi connectivity index (χ3v) is 5.78. The van der Waals surface area contributed by atoms with Gasteiger partial charge >= 0.3 is 0 Å². The molecule has 2 aromatic heterocycles. The molecule has 0 spiro atoms. The Labute approximate surface area is 166 Å². The van der Waals surface area contributed by atoms with Crippen LogP contribution in [0.25, 0.3) is 6.08 Å². The first-order chi connectivity index (χ1) is 13.6. The third-order valence-electron chi connectivity index (χ3n) is 4.88. The fourth-order valence-corrected chi connectivity index (χ4v) is 4.33. The van der Waals surface area contributed by atoms with Crippen LogP contribution in [0, 0.1) is 0 Å². The number of pyridine rings is 1. The van der Waals surface area contributed by atoms with Crippen molar-refractivity contribution in [3.8, 4) is 0 Å². The van der Waals surface area contributed by atoms with Gasteiger partial charge in [0, 0.05) is 25.0 Å². The zero-order valence-electron chi connectivity index (χ0n) is 15.1. The average molecular weight is 397 g/mol. The summed E-state index contributed by atoms with van der Waals surface area (Å²) in [5.74, 6) is -0.200. The van der Waals surface area contributed by atoms with Crippen molar-refractivity contribution in [3.05, 3.63) is 59.2 Å². The standard InChI is InChI=1S/C20H19N3O4S/c24-18(22-9-2-1-7-16(22)14-5-3-8-21-12-14)13-23-19(25)17(28-20(23)26)11-15-6-4-10-27-15/h3-6,8,10-12,16H,1-2,7,9,13H2. The molecule has 1 unspecified atom stereocenters. The van der Waals surface area contributed by atoms with Crippen LogP contribution in [-0.2, 0) is 9.59 Å². The molecule has 0 aromatic carbocycles. The lowest BCUT2D eigenvalue weighted by atomic mass is 9.96. The van der Waals surface area contributed by atoms with Crippen LogP contribution < -0.4 is 0 Å². The zero-order chi connectivity index (χ0) is 19.5. The molecule has 28 heavy (non-hydrogen) atoms. The summed E-state index contributed by atoms with van der Waals surface area (Å²) >= 11 is 0.824. The van der Waals surface area contributed by atoms with Crippen LogP contribution in [0.5, 0.6) is 0 Å². The highest BCUT2D eigenvalue weighted by Crippen LogP contribution is 2.34. The first kappa shape index (κ1) is 18.5. The van der Waals surface area contributed by atoms with E-state index >= 15 is 0 Å². The molecule has 2 fully saturated rings. The number of nitrogens with zero attached hydrogens (tertiary/aromatic N) is 3. The molecule has 1 atom stereocenters. The number of carbonyl (C=O) groups excluding carboxylic acids is 3. The van der Waals surface area contributed by atoms with E-state index < -0.39 is 11.1 Å². The Morgan fingerprint density at radius 2 is 2.18 bits per heavy atom. The number of hydrogen-bond acceptors (Lipinski definition) is 6. The smallest absolute Gasteiger partial charge is 0.294 e. The van der Waals surface area contributed by atoms with Gasteiger partial charge in [-0.25, -0.2) is 0 Å². The molecular formula is C20H19N3O4S. The second-order valence-electron chi connectivity index (χ2n) is 6.67. The van der Waals surface area contributed by atoms with Crippen molar-refractivity contribution in [2.24, 2.45) is 0 Å². The molecule has 4 heterocycles. The maximum atomic E-state index is 13.0. The summed E-state index contributed by atoms with van der Waals surface area (Å²) in [6.45, 7) is 0.355. The van der Waals surface area contributed by atoms with Crippen LogP contribution in [0.2, 0.25) is 0 Å². The number of thioether (sulfide) groups is 1. The molecule has 8 heteroatoms. The van der Waals surface area contributed by atoms with Gasteiger partial charge < -0.3 is 9.32 Å². The predicted molar refractivity (Wildman–Crippen MR) is 104 cm³/mol. The maximum Gasteiger partial charge on any atom is 0.294 e.